The zero-order chi connectivity index (χ0) is 11.8. The Kier molecular flexibility index (Phi) is 2.67. The normalized spacial score (nSPS) is 32.6. The van der Waals surface area contributed by atoms with E-state index in [0.717, 1.165) is 12.8 Å². The minimum Gasteiger partial charge on any atom is -0.457 e. The molecule has 2 aliphatic heterocycles. The van der Waals surface area contributed by atoms with Crippen molar-refractivity contribution < 1.29 is 13.9 Å². The standard InChI is InChI=1S/C13H17NO3/c1-14-9-4-5-10(14)8-11(7-9)17-13(15)12-3-2-6-16-12/h2-3,6,9-11H,4-5,7-8H2,1H3/t9-,10+,11?. The van der Waals surface area contributed by atoms with E-state index in [1.54, 1.807) is 12.1 Å². The summed E-state index contributed by atoms with van der Waals surface area (Å²) < 4.78 is 10.5. The van der Waals surface area contributed by atoms with E-state index in [4.69, 9.17) is 9.15 Å². The van der Waals surface area contributed by atoms with Gasteiger partial charge in [-0.15, -0.1) is 0 Å². The molecule has 1 unspecified atom stereocenters. The van der Waals surface area contributed by atoms with Gasteiger partial charge in [0.05, 0.1) is 6.26 Å². The maximum absolute atomic E-state index is 11.8. The highest BCUT2D eigenvalue weighted by atomic mass is 16.6. The van der Waals surface area contributed by atoms with Crippen LogP contribution in [0.5, 0.6) is 0 Å². The van der Waals surface area contributed by atoms with E-state index in [-0.39, 0.29) is 12.1 Å². The highest BCUT2D eigenvalue weighted by molar-refractivity contribution is 5.86. The third-order valence-corrected chi connectivity index (χ3v) is 4.05. The first-order valence-corrected chi connectivity index (χ1v) is 6.20. The van der Waals surface area contributed by atoms with Crippen molar-refractivity contribution in [2.75, 3.05) is 7.05 Å². The SMILES string of the molecule is CN1[C@@H]2CC[C@H]1CC(OC(=O)c1ccco1)C2. The van der Waals surface area contributed by atoms with Gasteiger partial charge < -0.3 is 14.1 Å². The fraction of sp³-hybridized carbons (Fsp3) is 0.615. The summed E-state index contributed by atoms with van der Waals surface area (Å²) in [7, 11) is 2.17. The van der Waals surface area contributed by atoms with E-state index in [1.807, 2.05) is 0 Å². The van der Waals surface area contributed by atoms with E-state index in [9.17, 15) is 4.79 Å². The minimum absolute atomic E-state index is 0.0568. The predicted molar refractivity (Wildman–Crippen MR) is 61.7 cm³/mol. The van der Waals surface area contributed by atoms with Crippen molar-refractivity contribution in [2.24, 2.45) is 0 Å². The molecule has 1 aromatic rings. The minimum atomic E-state index is -0.330. The number of esters is 1. The van der Waals surface area contributed by atoms with Crippen LogP contribution in [-0.2, 0) is 4.74 Å². The van der Waals surface area contributed by atoms with Crippen LogP contribution in [-0.4, -0.2) is 36.1 Å². The molecule has 0 N–H and O–H groups in total. The van der Waals surface area contributed by atoms with E-state index in [0.29, 0.717) is 17.8 Å². The molecule has 2 saturated heterocycles. The Morgan fingerprint density at radius 1 is 1.41 bits per heavy atom. The molecule has 0 aromatic carbocycles. The molecule has 3 rings (SSSR count). The first-order chi connectivity index (χ1) is 8.24. The number of rotatable bonds is 2. The molecule has 0 saturated carbocycles. The Morgan fingerprint density at radius 2 is 2.12 bits per heavy atom. The molecule has 17 heavy (non-hydrogen) atoms. The number of carbonyl (C=O) groups is 1. The summed E-state index contributed by atoms with van der Waals surface area (Å²) in [5.74, 6) is -0.0276. The number of ether oxygens (including phenoxy) is 1. The monoisotopic (exact) mass is 235 g/mol. The van der Waals surface area contributed by atoms with Crippen LogP contribution in [0.4, 0.5) is 0 Å². The smallest absolute Gasteiger partial charge is 0.374 e. The van der Waals surface area contributed by atoms with Crippen LogP contribution >= 0.6 is 0 Å². The van der Waals surface area contributed by atoms with Crippen molar-refractivity contribution in [3.63, 3.8) is 0 Å². The quantitative estimate of drug-likeness (QED) is 0.736. The van der Waals surface area contributed by atoms with Crippen molar-refractivity contribution >= 4 is 5.97 Å². The van der Waals surface area contributed by atoms with E-state index in [2.05, 4.69) is 11.9 Å². The highest BCUT2D eigenvalue weighted by Crippen LogP contribution is 2.35. The lowest BCUT2D eigenvalue weighted by Crippen LogP contribution is -2.43. The molecule has 0 amide bonds. The number of fused-ring (bicyclic) bond motifs is 2. The van der Waals surface area contributed by atoms with Crippen LogP contribution in [0.2, 0.25) is 0 Å². The average Bonchev–Trinajstić information content (AvgIpc) is 2.88. The molecule has 2 bridgehead atoms. The van der Waals surface area contributed by atoms with E-state index >= 15 is 0 Å². The van der Waals surface area contributed by atoms with Gasteiger partial charge in [0.15, 0.2) is 0 Å². The second-order valence-electron chi connectivity index (χ2n) is 5.03. The first-order valence-electron chi connectivity index (χ1n) is 6.20. The summed E-state index contributed by atoms with van der Waals surface area (Å²) in [6.45, 7) is 0. The molecule has 2 aliphatic rings. The van der Waals surface area contributed by atoms with Gasteiger partial charge in [-0.25, -0.2) is 4.79 Å². The van der Waals surface area contributed by atoms with Gasteiger partial charge in [-0.2, -0.15) is 0 Å². The van der Waals surface area contributed by atoms with Gasteiger partial charge in [-0.05, 0) is 32.0 Å². The van der Waals surface area contributed by atoms with Gasteiger partial charge in [-0.1, -0.05) is 0 Å². The zero-order valence-corrected chi connectivity index (χ0v) is 9.96. The van der Waals surface area contributed by atoms with Crippen LogP contribution in [0, 0.1) is 0 Å². The molecule has 3 heterocycles. The van der Waals surface area contributed by atoms with Crippen LogP contribution < -0.4 is 0 Å². The summed E-state index contributed by atoms with van der Waals surface area (Å²) in [4.78, 5) is 14.2. The molecular formula is C13H17NO3. The zero-order valence-electron chi connectivity index (χ0n) is 9.96. The summed E-state index contributed by atoms with van der Waals surface area (Å²) >= 11 is 0. The lowest BCUT2D eigenvalue weighted by molar-refractivity contribution is -0.00312. The fourth-order valence-corrected chi connectivity index (χ4v) is 3.06. The molecule has 4 nitrogen and oxygen atoms in total. The molecular weight excluding hydrogens is 218 g/mol. The molecule has 3 atom stereocenters. The second-order valence-corrected chi connectivity index (χ2v) is 5.03. The third-order valence-electron chi connectivity index (χ3n) is 4.05. The number of carbonyl (C=O) groups excluding carboxylic acids is 1. The maximum Gasteiger partial charge on any atom is 0.374 e. The van der Waals surface area contributed by atoms with Crippen molar-refractivity contribution in [3.8, 4) is 0 Å². The molecule has 4 heteroatoms. The first kappa shape index (κ1) is 10.8. The second kappa shape index (κ2) is 4.18. The van der Waals surface area contributed by atoms with Gasteiger partial charge in [0.1, 0.15) is 6.10 Å². The Labute approximate surface area is 101 Å². The van der Waals surface area contributed by atoms with Gasteiger partial charge in [-0.3, -0.25) is 0 Å². The highest BCUT2D eigenvalue weighted by Gasteiger charge is 2.40. The average molecular weight is 235 g/mol. The van der Waals surface area contributed by atoms with Crippen LogP contribution in [0.1, 0.15) is 36.2 Å². The molecule has 0 spiro atoms. The van der Waals surface area contributed by atoms with Gasteiger partial charge in [0.2, 0.25) is 5.76 Å². The Hall–Kier alpha value is -1.29. The maximum atomic E-state index is 11.8. The van der Waals surface area contributed by atoms with Crippen LogP contribution in [0.15, 0.2) is 22.8 Å². The molecule has 92 valence electrons. The Morgan fingerprint density at radius 3 is 2.71 bits per heavy atom. The lowest BCUT2D eigenvalue weighted by Gasteiger charge is -2.35. The van der Waals surface area contributed by atoms with Crippen LogP contribution in [0.25, 0.3) is 0 Å². The summed E-state index contributed by atoms with van der Waals surface area (Å²) in [6, 6.07) is 4.52. The number of hydrogen-bond donors (Lipinski definition) is 0. The Bertz CT molecular complexity index is 387. The number of nitrogens with zero attached hydrogens (tertiary/aromatic N) is 1. The Balaban J connectivity index is 1.62. The number of piperidine rings is 1. The van der Waals surface area contributed by atoms with Crippen molar-refractivity contribution in [2.45, 2.75) is 43.9 Å². The topological polar surface area (TPSA) is 42.7 Å². The van der Waals surface area contributed by atoms with Gasteiger partial charge in [0, 0.05) is 24.9 Å². The molecule has 0 aliphatic carbocycles. The van der Waals surface area contributed by atoms with Crippen molar-refractivity contribution in [1.82, 2.24) is 4.90 Å². The van der Waals surface area contributed by atoms with Gasteiger partial charge in [0.25, 0.3) is 0 Å². The summed E-state index contributed by atoms with van der Waals surface area (Å²) in [5, 5.41) is 0. The van der Waals surface area contributed by atoms with Gasteiger partial charge >= 0.3 is 5.97 Å². The summed E-state index contributed by atoms with van der Waals surface area (Å²) in [5.41, 5.74) is 0. The summed E-state index contributed by atoms with van der Waals surface area (Å²) in [6.07, 6.45) is 5.93. The van der Waals surface area contributed by atoms with Crippen molar-refractivity contribution in [3.05, 3.63) is 24.2 Å². The predicted octanol–water partition coefficient (Wildman–Crippen LogP) is 2.06. The lowest BCUT2D eigenvalue weighted by atomic mass is 10.0. The number of furan rings is 1. The molecule has 0 radical (unpaired) electrons. The van der Waals surface area contributed by atoms with E-state index < -0.39 is 0 Å². The fourth-order valence-electron chi connectivity index (χ4n) is 3.06. The van der Waals surface area contributed by atoms with Crippen LogP contribution in [0.3, 0.4) is 0 Å². The van der Waals surface area contributed by atoms with E-state index in [1.165, 1.54) is 19.1 Å². The van der Waals surface area contributed by atoms with Crippen molar-refractivity contribution in [1.29, 1.82) is 0 Å². The number of hydrogen-bond acceptors (Lipinski definition) is 4. The molecule has 2 fully saturated rings. The largest absolute Gasteiger partial charge is 0.457 e. The third kappa shape index (κ3) is 1.97. The molecule has 1 aromatic heterocycles.